The second kappa shape index (κ2) is 4.84. The van der Waals surface area contributed by atoms with Crippen LogP contribution in [0.2, 0.25) is 5.22 Å². The topological polar surface area (TPSA) is 39.2 Å². The van der Waals surface area contributed by atoms with E-state index >= 15 is 0 Å². The van der Waals surface area contributed by atoms with Gasteiger partial charge in [-0.2, -0.15) is 11.3 Å². The van der Waals surface area contributed by atoms with Gasteiger partial charge >= 0.3 is 0 Å². The maximum Gasteiger partial charge on any atom is 0.197 e. The van der Waals surface area contributed by atoms with Crippen LogP contribution in [0.5, 0.6) is 0 Å². The molecule has 1 atom stereocenters. The molecule has 2 heterocycles. The molecule has 2 rings (SSSR count). The molecule has 15 heavy (non-hydrogen) atoms. The van der Waals surface area contributed by atoms with Crippen molar-refractivity contribution in [2.24, 2.45) is 5.73 Å². The summed E-state index contributed by atoms with van der Waals surface area (Å²) in [5.74, 6) is 0. The Labute approximate surface area is 97.7 Å². The fourth-order valence-electron chi connectivity index (χ4n) is 1.48. The minimum atomic E-state index is -0.0452. The Kier molecular flexibility index (Phi) is 3.46. The Morgan fingerprint density at radius 3 is 2.93 bits per heavy atom. The molecule has 2 N–H and O–H groups in total. The van der Waals surface area contributed by atoms with Crippen molar-refractivity contribution < 1.29 is 4.42 Å². The van der Waals surface area contributed by atoms with E-state index in [1.165, 1.54) is 5.56 Å². The first kappa shape index (κ1) is 10.7. The second-order valence-electron chi connectivity index (χ2n) is 3.43. The van der Waals surface area contributed by atoms with Crippen LogP contribution in [0, 0.1) is 0 Å². The van der Waals surface area contributed by atoms with Crippen LogP contribution < -0.4 is 5.73 Å². The smallest absolute Gasteiger partial charge is 0.197 e. The normalized spacial score (nSPS) is 12.9. The molecule has 80 valence electrons. The number of hydrogen-bond acceptors (Lipinski definition) is 3. The standard InChI is InChI=1S/C11H12ClNOS/c12-11-9(3-5-14-11)10(13)2-1-8-4-6-15-7-8/h3-7,10H,1-2,13H2. The summed E-state index contributed by atoms with van der Waals surface area (Å²) in [7, 11) is 0. The van der Waals surface area contributed by atoms with Crippen molar-refractivity contribution in [3.8, 4) is 0 Å². The van der Waals surface area contributed by atoms with E-state index in [9.17, 15) is 0 Å². The van der Waals surface area contributed by atoms with Crippen LogP contribution in [0.25, 0.3) is 0 Å². The molecular weight excluding hydrogens is 230 g/mol. The maximum absolute atomic E-state index is 6.02. The fraction of sp³-hybridized carbons (Fsp3) is 0.273. The number of thiophene rings is 1. The molecule has 0 aliphatic carbocycles. The molecule has 0 bridgehead atoms. The second-order valence-corrected chi connectivity index (χ2v) is 4.55. The van der Waals surface area contributed by atoms with Gasteiger partial charge in [0.15, 0.2) is 5.22 Å². The number of halogens is 1. The summed E-state index contributed by atoms with van der Waals surface area (Å²) in [5, 5.41) is 4.63. The molecule has 0 saturated carbocycles. The van der Waals surface area contributed by atoms with Crippen molar-refractivity contribution in [1.82, 2.24) is 0 Å². The van der Waals surface area contributed by atoms with E-state index in [4.69, 9.17) is 21.8 Å². The summed E-state index contributed by atoms with van der Waals surface area (Å²) >= 11 is 7.56. The van der Waals surface area contributed by atoms with Crippen molar-refractivity contribution in [3.05, 3.63) is 45.5 Å². The van der Waals surface area contributed by atoms with Crippen LogP contribution in [-0.2, 0) is 6.42 Å². The molecule has 0 saturated heterocycles. The fourth-order valence-corrected chi connectivity index (χ4v) is 2.44. The average Bonchev–Trinajstić information content (AvgIpc) is 2.84. The molecule has 0 fully saturated rings. The van der Waals surface area contributed by atoms with Crippen molar-refractivity contribution in [2.45, 2.75) is 18.9 Å². The van der Waals surface area contributed by atoms with Crippen molar-refractivity contribution in [2.75, 3.05) is 0 Å². The summed E-state index contributed by atoms with van der Waals surface area (Å²) < 4.78 is 5.01. The van der Waals surface area contributed by atoms with Gasteiger partial charge in [0.1, 0.15) is 0 Å². The van der Waals surface area contributed by atoms with Crippen molar-refractivity contribution >= 4 is 22.9 Å². The summed E-state index contributed by atoms with van der Waals surface area (Å²) in [5.41, 5.74) is 8.24. The third-order valence-electron chi connectivity index (χ3n) is 2.37. The molecule has 2 nitrogen and oxygen atoms in total. The number of rotatable bonds is 4. The van der Waals surface area contributed by atoms with Crippen LogP contribution in [0.4, 0.5) is 0 Å². The van der Waals surface area contributed by atoms with Crippen molar-refractivity contribution in [3.63, 3.8) is 0 Å². The molecule has 0 radical (unpaired) electrons. The van der Waals surface area contributed by atoms with Gasteiger partial charge in [-0.1, -0.05) is 0 Å². The molecule has 0 amide bonds. The molecule has 0 spiro atoms. The van der Waals surface area contributed by atoms with Crippen LogP contribution in [0.15, 0.2) is 33.6 Å². The first-order valence-electron chi connectivity index (χ1n) is 4.77. The van der Waals surface area contributed by atoms with Crippen LogP contribution in [-0.4, -0.2) is 0 Å². The minimum Gasteiger partial charge on any atom is -0.453 e. The zero-order valence-electron chi connectivity index (χ0n) is 8.15. The number of hydrogen-bond donors (Lipinski definition) is 1. The average molecular weight is 242 g/mol. The molecule has 0 aliphatic rings. The van der Waals surface area contributed by atoms with Gasteiger partial charge in [0.05, 0.1) is 6.26 Å². The molecule has 2 aromatic heterocycles. The largest absolute Gasteiger partial charge is 0.453 e. The number of aryl methyl sites for hydroxylation is 1. The molecule has 1 unspecified atom stereocenters. The van der Waals surface area contributed by atoms with Gasteiger partial charge in [-0.25, -0.2) is 0 Å². The SMILES string of the molecule is NC(CCc1ccsc1)c1ccoc1Cl. The molecule has 4 heteroatoms. The Morgan fingerprint density at radius 1 is 1.47 bits per heavy atom. The number of furan rings is 1. The van der Waals surface area contributed by atoms with Crippen molar-refractivity contribution in [1.29, 1.82) is 0 Å². The van der Waals surface area contributed by atoms with E-state index in [1.54, 1.807) is 17.6 Å². The van der Waals surface area contributed by atoms with E-state index in [1.807, 2.05) is 6.07 Å². The van der Waals surface area contributed by atoms with E-state index in [2.05, 4.69) is 16.8 Å². The zero-order valence-corrected chi connectivity index (χ0v) is 9.72. The Bertz CT molecular complexity index is 410. The van der Waals surface area contributed by atoms with Gasteiger partial charge in [-0.3, -0.25) is 0 Å². The highest BCUT2D eigenvalue weighted by atomic mass is 35.5. The zero-order chi connectivity index (χ0) is 10.7. The van der Waals surface area contributed by atoms with E-state index in [0.29, 0.717) is 5.22 Å². The highest BCUT2D eigenvalue weighted by molar-refractivity contribution is 7.07. The Hall–Kier alpha value is -0.770. The Balaban J connectivity index is 1.93. The maximum atomic E-state index is 6.02. The molecule has 0 aromatic carbocycles. The Morgan fingerprint density at radius 2 is 2.33 bits per heavy atom. The summed E-state index contributed by atoms with van der Waals surface area (Å²) in [6.45, 7) is 0. The quantitative estimate of drug-likeness (QED) is 0.888. The van der Waals surface area contributed by atoms with Crippen LogP contribution in [0.3, 0.4) is 0 Å². The lowest BCUT2D eigenvalue weighted by molar-refractivity contribution is 0.556. The third kappa shape index (κ3) is 2.62. The number of nitrogens with two attached hydrogens (primary N) is 1. The van der Waals surface area contributed by atoms with Gasteiger partial charge in [0, 0.05) is 11.6 Å². The highest BCUT2D eigenvalue weighted by Gasteiger charge is 2.12. The lowest BCUT2D eigenvalue weighted by atomic mass is 10.0. The van der Waals surface area contributed by atoms with Crippen LogP contribution in [0.1, 0.15) is 23.6 Å². The van der Waals surface area contributed by atoms with E-state index in [0.717, 1.165) is 18.4 Å². The first-order valence-corrected chi connectivity index (χ1v) is 6.09. The van der Waals surface area contributed by atoms with Gasteiger partial charge in [-0.15, -0.1) is 0 Å². The summed E-state index contributed by atoms with van der Waals surface area (Å²) in [6.07, 6.45) is 3.43. The monoisotopic (exact) mass is 241 g/mol. The predicted octanol–water partition coefficient (Wildman–Crippen LogP) is 3.63. The summed E-state index contributed by atoms with van der Waals surface area (Å²) in [6, 6.07) is 3.91. The van der Waals surface area contributed by atoms with Crippen LogP contribution >= 0.6 is 22.9 Å². The predicted molar refractivity (Wildman–Crippen MR) is 63.3 cm³/mol. The summed E-state index contributed by atoms with van der Waals surface area (Å²) in [4.78, 5) is 0. The van der Waals surface area contributed by atoms with Gasteiger partial charge in [-0.05, 0) is 52.9 Å². The minimum absolute atomic E-state index is 0.0452. The lowest BCUT2D eigenvalue weighted by Gasteiger charge is -2.08. The third-order valence-corrected chi connectivity index (χ3v) is 3.41. The molecule has 0 aliphatic heterocycles. The molecular formula is C11H12ClNOS. The lowest BCUT2D eigenvalue weighted by Crippen LogP contribution is -2.10. The van der Waals surface area contributed by atoms with Gasteiger partial charge in [0.25, 0.3) is 0 Å². The first-order chi connectivity index (χ1) is 7.27. The molecule has 2 aromatic rings. The van der Waals surface area contributed by atoms with E-state index in [-0.39, 0.29) is 6.04 Å². The van der Waals surface area contributed by atoms with Gasteiger partial charge in [0.2, 0.25) is 0 Å². The highest BCUT2D eigenvalue weighted by Crippen LogP contribution is 2.25. The van der Waals surface area contributed by atoms with Gasteiger partial charge < -0.3 is 10.2 Å². The van der Waals surface area contributed by atoms with E-state index < -0.39 is 0 Å².